The Hall–Kier alpha value is -3.13. The largest absolute Gasteiger partial charge is 0.377 e. The lowest BCUT2D eigenvalue weighted by Gasteiger charge is -2.28. The number of methoxy groups -OCH3 is 1. The smallest absolute Gasteiger partial charge is 0.228 e. The highest BCUT2D eigenvalue weighted by molar-refractivity contribution is 5.93. The SMILES string of the molecule is COCC(=O)C[C@@H]1CCC[C@H](C(=O)Nc2cc(-c3cc(F)c4nn(C)c(C(C)C)c4c3)c(C)cn2)C1. The van der Waals surface area contributed by atoms with Gasteiger partial charge in [-0.1, -0.05) is 20.3 Å². The molecule has 2 atom stereocenters. The van der Waals surface area contributed by atoms with Crippen LogP contribution in [-0.2, 0) is 21.4 Å². The minimum absolute atomic E-state index is 0.0758. The van der Waals surface area contributed by atoms with E-state index in [0.29, 0.717) is 24.2 Å². The summed E-state index contributed by atoms with van der Waals surface area (Å²) in [7, 11) is 3.35. The standard InChI is InChI=1S/C28H35FN4O3/c1-16(2)27-23-11-20(12-24(29)26(23)32-33(27)4)22-13-25(30-14-17(22)3)31-28(35)19-8-6-7-18(9-19)10-21(34)15-36-5/h11-14,16,18-19H,6-10,15H2,1-5H3,(H,30,31,35)/t18-,19+/m1/s1. The van der Waals surface area contributed by atoms with Crippen LogP contribution in [-0.4, -0.2) is 40.2 Å². The maximum atomic E-state index is 15.1. The van der Waals surface area contributed by atoms with Crippen molar-refractivity contribution in [2.75, 3.05) is 19.0 Å². The number of ketones is 1. The van der Waals surface area contributed by atoms with Gasteiger partial charge < -0.3 is 10.1 Å². The number of hydrogen-bond donors (Lipinski definition) is 1. The Labute approximate surface area is 211 Å². The Morgan fingerprint density at radius 1 is 1.25 bits per heavy atom. The normalized spacial score (nSPS) is 18.1. The second-order valence-electron chi connectivity index (χ2n) is 10.3. The molecular weight excluding hydrogens is 459 g/mol. The number of benzene rings is 1. The first kappa shape index (κ1) is 25.9. The van der Waals surface area contributed by atoms with Crippen molar-refractivity contribution in [3.8, 4) is 11.1 Å². The average molecular weight is 495 g/mol. The number of pyridine rings is 1. The molecule has 1 amide bonds. The molecular formula is C28H35FN4O3. The van der Waals surface area contributed by atoms with Crippen molar-refractivity contribution >= 4 is 28.4 Å². The topological polar surface area (TPSA) is 86.1 Å². The van der Waals surface area contributed by atoms with E-state index in [1.54, 1.807) is 10.9 Å². The quantitative estimate of drug-likeness (QED) is 0.443. The second-order valence-corrected chi connectivity index (χ2v) is 10.3. The number of amides is 1. The molecule has 0 spiro atoms. The summed E-state index contributed by atoms with van der Waals surface area (Å²) < 4.78 is 21.7. The molecule has 1 N–H and O–H groups in total. The fourth-order valence-electron chi connectivity index (χ4n) is 5.50. The van der Waals surface area contributed by atoms with Gasteiger partial charge in [0.2, 0.25) is 5.91 Å². The minimum atomic E-state index is -0.372. The molecule has 0 unspecified atom stereocenters. The summed E-state index contributed by atoms with van der Waals surface area (Å²) in [5.74, 6) is 0.277. The number of nitrogens with one attached hydrogen (secondary N) is 1. The molecule has 0 aliphatic heterocycles. The van der Waals surface area contributed by atoms with Gasteiger partial charge in [0.15, 0.2) is 11.6 Å². The van der Waals surface area contributed by atoms with Crippen LogP contribution < -0.4 is 5.32 Å². The number of aryl methyl sites for hydroxylation is 2. The Balaban J connectivity index is 1.56. The lowest BCUT2D eigenvalue weighted by Crippen LogP contribution is -2.29. The summed E-state index contributed by atoms with van der Waals surface area (Å²) in [5.41, 5.74) is 3.75. The van der Waals surface area contributed by atoms with E-state index >= 15 is 4.39 Å². The highest BCUT2D eigenvalue weighted by atomic mass is 19.1. The number of ether oxygens (including phenoxy) is 1. The number of Topliss-reactive ketones (excluding diaryl/α,β-unsaturated/α-hetero) is 1. The third-order valence-electron chi connectivity index (χ3n) is 7.13. The molecule has 1 fully saturated rings. The van der Waals surface area contributed by atoms with Crippen LogP contribution in [0.25, 0.3) is 22.0 Å². The lowest BCUT2D eigenvalue weighted by atomic mass is 9.79. The molecule has 1 saturated carbocycles. The highest BCUT2D eigenvalue weighted by Crippen LogP contribution is 2.35. The first-order chi connectivity index (χ1) is 17.2. The average Bonchev–Trinajstić information content (AvgIpc) is 3.17. The van der Waals surface area contributed by atoms with Gasteiger partial charge in [0, 0.05) is 43.8 Å². The van der Waals surface area contributed by atoms with Gasteiger partial charge in [0.05, 0.1) is 0 Å². The van der Waals surface area contributed by atoms with Crippen LogP contribution in [0.3, 0.4) is 0 Å². The zero-order chi connectivity index (χ0) is 26.0. The van der Waals surface area contributed by atoms with Gasteiger partial charge in [0.25, 0.3) is 0 Å². The van der Waals surface area contributed by atoms with Crippen molar-refractivity contribution in [1.82, 2.24) is 14.8 Å². The number of aromatic nitrogens is 3. The number of hydrogen-bond acceptors (Lipinski definition) is 5. The van der Waals surface area contributed by atoms with E-state index in [4.69, 9.17) is 4.74 Å². The van der Waals surface area contributed by atoms with Gasteiger partial charge in [-0.2, -0.15) is 5.10 Å². The maximum absolute atomic E-state index is 15.1. The fraction of sp³-hybridized carbons (Fsp3) is 0.500. The van der Waals surface area contributed by atoms with Crippen LogP contribution in [0.4, 0.5) is 10.2 Å². The van der Waals surface area contributed by atoms with Crippen molar-refractivity contribution in [1.29, 1.82) is 0 Å². The van der Waals surface area contributed by atoms with Crippen LogP contribution in [0, 0.1) is 24.6 Å². The molecule has 4 rings (SSSR count). The summed E-state index contributed by atoms with van der Waals surface area (Å²) in [6.45, 7) is 6.17. The predicted octanol–water partition coefficient (Wildman–Crippen LogP) is 5.56. The molecule has 7 nitrogen and oxygen atoms in total. The van der Waals surface area contributed by atoms with Crippen LogP contribution >= 0.6 is 0 Å². The van der Waals surface area contributed by atoms with E-state index in [1.165, 1.54) is 13.2 Å². The number of nitrogens with zero attached hydrogens (tertiary/aromatic N) is 3. The molecule has 2 aromatic heterocycles. The molecule has 8 heteroatoms. The zero-order valence-electron chi connectivity index (χ0n) is 21.7. The molecule has 1 aromatic carbocycles. The second kappa shape index (κ2) is 10.9. The molecule has 0 radical (unpaired) electrons. The van der Waals surface area contributed by atoms with Gasteiger partial charge in [0.1, 0.15) is 17.9 Å². The van der Waals surface area contributed by atoms with Gasteiger partial charge >= 0.3 is 0 Å². The number of halogens is 1. The first-order valence-electron chi connectivity index (χ1n) is 12.6. The van der Waals surface area contributed by atoms with E-state index in [9.17, 15) is 9.59 Å². The summed E-state index contributed by atoms with van der Waals surface area (Å²) in [4.78, 5) is 29.5. The van der Waals surface area contributed by atoms with E-state index in [0.717, 1.165) is 47.0 Å². The predicted molar refractivity (Wildman–Crippen MR) is 138 cm³/mol. The minimum Gasteiger partial charge on any atom is -0.377 e. The molecule has 192 valence electrons. The van der Waals surface area contributed by atoms with Crippen LogP contribution in [0.2, 0.25) is 0 Å². The Kier molecular flexibility index (Phi) is 7.83. The van der Waals surface area contributed by atoms with Gasteiger partial charge in [-0.05, 0) is 72.9 Å². The Morgan fingerprint density at radius 2 is 2.03 bits per heavy atom. The summed E-state index contributed by atoms with van der Waals surface area (Å²) >= 11 is 0. The van der Waals surface area contributed by atoms with Crippen molar-refractivity contribution in [2.45, 2.75) is 58.8 Å². The van der Waals surface area contributed by atoms with Crippen molar-refractivity contribution in [2.24, 2.45) is 18.9 Å². The van der Waals surface area contributed by atoms with Crippen molar-refractivity contribution in [3.05, 3.63) is 41.5 Å². The van der Waals surface area contributed by atoms with Crippen molar-refractivity contribution < 1.29 is 18.7 Å². The summed E-state index contributed by atoms with van der Waals surface area (Å²) in [6, 6.07) is 5.27. The molecule has 1 aliphatic rings. The Bertz CT molecular complexity index is 1280. The number of carbonyl (C=O) groups excluding carboxylic acids is 2. The number of anilines is 1. The highest BCUT2D eigenvalue weighted by Gasteiger charge is 2.29. The number of carbonyl (C=O) groups is 2. The fourth-order valence-corrected chi connectivity index (χ4v) is 5.50. The van der Waals surface area contributed by atoms with Gasteiger partial charge in [-0.25, -0.2) is 9.37 Å². The van der Waals surface area contributed by atoms with Gasteiger partial charge in [-0.15, -0.1) is 0 Å². The van der Waals surface area contributed by atoms with Crippen LogP contribution in [0.1, 0.15) is 63.1 Å². The Morgan fingerprint density at radius 3 is 2.75 bits per heavy atom. The van der Waals surface area contributed by atoms with Gasteiger partial charge in [-0.3, -0.25) is 14.3 Å². The monoisotopic (exact) mass is 494 g/mol. The molecule has 3 aromatic rings. The van der Waals surface area contributed by atoms with Crippen molar-refractivity contribution in [3.63, 3.8) is 0 Å². The first-order valence-corrected chi connectivity index (χ1v) is 12.6. The molecule has 0 saturated heterocycles. The summed E-state index contributed by atoms with van der Waals surface area (Å²) in [6.07, 6.45) is 5.49. The van der Waals surface area contributed by atoms with E-state index in [1.807, 2.05) is 26.1 Å². The lowest BCUT2D eigenvalue weighted by molar-refractivity contribution is -0.125. The zero-order valence-corrected chi connectivity index (χ0v) is 21.7. The van der Waals surface area contributed by atoms with E-state index < -0.39 is 0 Å². The molecule has 36 heavy (non-hydrogen) atoms. The third kappa shape index (κ3) is 5.48. The van der Waals surface area contributed by atoms with Crippen LogP contribution in [0.15, 0.2) is 24.4 Å². The van der Waals surface area contributed by atoms with Crippen LogP contribution in [0.5, 0.6) is 0 Å². The maximum Gasteiger partial charge on any atom is 0.228 e. The number of rotatable bonds is 8. The molecule has 1 aliphatic carbocycles. The van der Waals surface area contributed by atoms with E-state index in [-0.39, 0.29) is 41.9 Å². The third-order valence-corrected chi connectivity index (χ3v) is 7.13. The molecule has 0 bridgehead atoms. The van der Waals surface area contributed by atoms with E-state index in [2.05, 4.69) is 29.2 Å². The summed E-state index contributed by atoms with van der Waals surface area (Å²) in [5, 5.41) is 8.13. The number of fused-ring (bicyclic) bond motifs is 1. The molecule has 2 heterocycles.